The third kappa shape index (κ3) is 5.84. The molecule has 8 heteroatoms. The molecule has 1 fully saturated rings. The van der Waals surface area contributed by atoms with Crippen molar-refractivity contribution in [1.29, 1.82) is 0 Å². The standard InChI is InChI=1S/C20H29N5O2.HI/c1-2-21-20(25-14-9-16(15-25)24-12-5-6-13-24)23-11-10-22-19(27)17-7-3-4-8-18(17)26;/h3-8,16,26H,2,9-15H2,1H3,(H,21,23)(H,22,27);1H. The molecule has 1 atom stereocenters. The maximum Gasteiger partial charge on any atom is 0.255 e. The zero-order valence-corrected chi connectivity index (χ0v) is 18.6. The lowest BCUT2D eigenvalue weighted by molar-refractivity contribution is 0.0952. The molecule has 154 valence electrons. The molecular weight excluding hydrogens is 469 g/mol. The number of phenolic OH excluding ortho intramolecular Hbond substituents is 1. The Kier molecular flexibility index (Phi) is 9.04. The molecule has 0 aliphatic carbocycles. The van der Waals surface area contributed by atoms with E-state index in [1.807, 2.05) is 0 Å². The Morgan fingerprint density at radius 2 is 2.00 bits per heavy atom. The summed E-state index contributed by atoms with van der Waals surface area (Å²) in [5, 5.41) is 15.9. The maximum absolute atomic E-state index is 12.1. The summed E-state index contributed by atoms with van der Waals surface area (Å²) in [5.41, 5.74) is 0.287. The Hall–Kier alpha value is -1.81. The van der Waals surface area contributed by atoms with E-state index >= 15 is 0 Å². The topological polar surface area (TPSA) is 80.2 Å². The first kappa shape index (κ1) is 22.5. The molecule has 0 bridgehead atoms. The van der Waals surface area contributed by atoms with Crippen molar-refractivity contribution in [3.05, 3.63) is 42.0 Å². The molecule has 3 rings (SSSR count). The molecule has 1 unspecified atom stereocenters. The van der Waals surface area contributed by atoms with Crippen LogP contribution in [0.3, 0.4) is 0 Å². The molecule has 1 saturated heterocycles. The van der Waals surface area contributed by atoms with Gasteiger partial charge in [0.15, 0.2) is 5.96 Å². The fraction of sp³-hybridized carbons (Fsp3) is 0.500. The van der Waals surface area contributed by atoms with Gasteiger partial charge in [0.25, 0.3) is 5.91 Å². The molecule has 0 spiro atoms. The fourth-order valence-electron chi connectivity index (χ4n) is 3.54. The Bertz CT molecular complexity index is 702. The highest BCUT2D eigenvalue weighted by molar-refractivity contribution is 14.0. The van der Waals surface area contributed by atoms with Crippen LogP contribution in [0.15, 0.2) is 41.4 Å². The van der Waals surface area contributed by atoms with Crippen LogP contribution < -0.4 is 10.6 Å². The van der Waals surface area contributed by atoms with Gasteiger partial charge in [-0.25, -0.2) is 0 Å². The summed E-state index contributed by atoms with van der Waals surface area (Å²) in [6, 6.07) is 7.12. The SMILES string of the molecule is CCNC(=NCCNC(=O)c1ccccc1O)N1CCC(N2CC=CC2)C1.I. The molecule has 2 aliphatic rings. The van der Waals surface area contributed by atoms with E-state index in [2.05, 4.69) is 44.5 Å². The van der Waals surface area contributed by atoms with E-state index in [9.17, 15) is 9.90 Å². The lowest BCUT2D eigenvalue weighted by atomic mass is 10.2. The highest BCUT2D eigenvalue weighted by Crippen LogP contribution is 2.18. The van der Waals surface area contributed by atoms with Crippen molar-refractivity contribution in [3.8, 4) is 5.75 Å². The molecule has 1 aromatic rings. The minimum atomic E-state index is -0.281. The number of nitrogens with zero attached hydrogens (tertiary/aromatic N) is 3. The van der Waals surface area contributed by atoms with Gasteiger partial charge in [-0.15, -0.1) is 24.0 Å². The number of guanidine groups is 1. The number of rotatable bonds is 6. The molecule has 0 radical (unpaired) electrons. The largest absolute Gasteiger partial charge is 0.507 e. The second-order valence-electron chi connectivity index (χ2n) is 6.82. The molecule has 2 aliphatic heterocycles. The summed E-state index contributed by atoms with van der Waals surface area (Å²) in [6.07, 6.45) is 5.61. The molecular formula is C20H30IN5O2. The van der Waals surface area contributed by atoms with Gasteiger partial charge in [-0.2, -0.15) is 0 Å². The molecule has 0 saturated carbocycles. The normalized spacial score (nSPS) is 19.5. The maximum atomic E-state index is 12.1. The predicted molar refractivity (Wildman–Crippen MR) is 123 cm³/mol. The number of amides is 1. The number of hydrogen-bond acceptors (Lipinski definition) is 4. The van der Waals surface area contributed by atoms with E-state index in [-0.39, 0.29) is 41.2 Å². The van der Waals surface area contributed by atoms with Crippen LogP contribution in [0.5, 0.6) is 5.75 Å². The Balaban J connectivity index is 0.00000280. The molecule has 0 aromatic heterocycles. The molecule has 1 amide bonds. The van der Waals surface area contributed by atoms with E-state index in [1.54, 1.807) is 18.2 Å². The van der Waals surface area contributed by atoms with Crippen molar-refractivity contribution in [3.63, 3.8) is 0 Å². The van der Waals surface area contributed by atoms with Crippen LogP contribution in [0.2, 0.25) is 0 Å². The van der Waals surface area contributed by atoms with Gasteiger partial charge in [-0.05, 0) is 25.5 Å². The molecule has 3 N–H and O–H groups in total. The first-order valence-electron chi connectivity index (χ1n) is 9.67. The quantitative estimate of drug-likeness (QED) is 0.183. The zero-order valence-electron chi connectivity index (χ0n) is 16.3. The number of carbonyl (C=O) groups is 1. The van der Waals surface area contributed by atoms with Gasteiger partial charge in [0.1, 0.15) is 5.75 Å². The van der Waals surface area contributed by atoms with Gasteiger partial charge in [-0.3, -0.25) is 14.7 Å². The third-order valence-corrected chi connectivity index (χ3v) is 4.97. The van der Waals surface area contributed by atoms with Crippen LogP contribution in [-0.2, 0) is 0 Å². The summed E-state index contributed by atoms with van der Waals surface area (Å²) in [5.74, 6) is 0.617. The zero-order chi connectivity index (χ0) is 19.1. The Morgan fingerprint density at radius 3 is 2.71 bits per heavy atom. The number of aromatic hydroxyl groups is 1. The van der Waals surface area contributed by atoms with Crippen molar-refractivity contribution in [2.24, 2.45) is 4.99 Å². The van der Waals surface area contributed by atoms with Gasteiger partial charge < -0.3 is 20.6 Å². The minimum Gasteiger partial charge on any atom is -0.507 e. The monoisotopic (exact) mass is 499 g/mol. The third-order valence-electron chi connectivity index (χ3n) is 4.97. The summed E-state index contributed by atoms with van der Waals surface area (Å²) >= 11 is 0. The average Bonchev–Trinajstić information content (AvgIpc) is 3.36. The number of nitrogens with one attached hydrogen (secondary N) is 2. The van der Waals surface area contributed by atoms with Crippen LogP contribution in [0.25, 0.3) is 0 Å². The number of phenols is 1. The van der Waals surface area contributed by atoms with E-state index in [1.165, 1.54) is 6.07 Å². The second kappa shape index (κ2) is 11.3. The van der Waals surface area contributed by atoms with Gasteiger partial charge in [0.2, 0.25) is 0 Å². The highest BCUT2D eigenvalue weighted by Gasteiger charge is 2.29. The lowest BCUT2D eigenvalue weighted by Crippen LogP contribution is -2.43. The molecule has 28 heavy (non-hydrogen) atoms. The predicted octanol–water partition coefficient (Wildman–Crippen LogP) is 1.65. The van der Waals surface area contributed by atoms with E-state index in [0.29, 0.717) is 19.1 Å². The van der Waals surface area contributed by atoms with Crippen LogP contribution in [0, 0.1) is 0 Å². The van der Waals surface area contributed by atoms with Gasteiger partial charge in [0.05, 0.1) is 12.1 Å². The lowest BCUT2D eigenvalue weighted by Gasteiger charge is -2.25. The Labute approximate surface area is 183 Å². The van der Waals surface area contributed by atoms with Crippen molar-refractivity contribution < 1.29 is 9.90 Å². The fourth-order valence-corrected chi connectivity index (χ4v) is 3.54. The summed E-state index contributed by atoms with van der Waals surface area (Å²) < 4.78 is 0. The number of para-hydroxylation sites is 1. The number of carbonyl (C=O) groups excluding carboxylic acids is 1. The minimum absolute atomic E-state index is 0. The van der Waals surface area contributed by atoms with Crippen LogP contribution in [0.4, 0.5) is 0 Å². The van der Waals surface area contributed by atoms with Crippen LogP contribution in [-0.4, -0.2) is 78.6 Å². The highest BCUT2D eigenvalue weighted by atomic mass is 127. The molecule has 2 heterocycles. The summed E-state index contributed by atoms with van der Waals surface area (Å²) in [4.78, 5) is 21.6. The van der Waals surface area contributed by atoms with Gasteiger partial charge in [-0.1, -0.05) is 24.3 Å². The van der Waals surface area contributed by atoms with E-state index in [0.717, 1.165) is 45.1 Å². The summed E-state index contributed by atoms with van der Waals surface area (Å²) in [6.45, 7) is 7.87. The van der Waals surface area contributed by atoms with Crippen molar-refractivity contribution in [1.82, 2.24) is 20.4 Å². The van der Waals surface area contributed by atoms with Crippen molar-refractivity contribution in [2.75, 3.05) is 45.8 Å². The summed E-state index contributed by atoms with van der Waals surface area (Å²) in [7, 11) is 0. The number of benzene rings is 1. The number of aliphatic imine (C=N–C) groups is 1. The average molecular weight is 499 g/mol. The number of halogens is 1. The van der Waals surface area contributed by atoms with E-state index in [4.69, 9.17) is 0 Å². The van der Waals surface area contributed by atoms with Crippen LogP contribution >= 0.6 is 24.0 Å². The van der Waals surface area contributed by atoms with Crippen molar-refractivity contribution >= 4 is 35.8 Å². The number of likely N-dealkylation sites (tertiary alicyclic amines) is 1. The van der Waals surface area contributed by atoms with Gasteiger partial charge in [0, 0.05) is 45.3 Å². The van der Waals surface area contributed by atoms with Crippen molar-refractivity contribution in [2.45, 2.75) is 19.4 Å². The molecule has 1 aromatic carbocycles. The smallest absolute Gasteiger partial charge is 0.255 e. The van der Waals surface area contributed by atoms with Crippen LogP contribution in [0.1, 0.15) is 23.7 Å². The van der Waals surface area contributed by atoms with E-state index < -0.39 is 0 Å². The van der Waals surface area contributed by atoms with Gasteiger partial charge >= 0.3 is 0 Å². The first-order valence-corrected chi connectivity index (χ1v) is 9.67. The Morgan fingerprint density at radius 1 is 1.25 bits per heavy atom. The second-order valence-corrected chi connectivity index (χ2v) is 6.82. The number of hydrogen-bond donors (Lipinski definition) is 3. The molecule has 7 nitrogen and oxygen atoms in total. The first-order chi connectivity index (χ1) is 13.2.